The summed E-state index contributed by atoms with van der Waals surface area (Å²) >= 11 is 6.01. The molecular formula is C24H33ClN6O2. The lowest BCUT2D eigenvalue weighted by Crippen LogP contribution is -2.61. The average Bonchev–Trinajstić information content (AvgIpc) is 2.80. The van der Waals surface area contributed by atoms with Crippen LogP contribution >= 0.6 is 11.6 Å². The van der Waals surface area contributed by atoms with Gasteiger partial charge in [-0.1, -0.05) is 31.4 Å². The molecule has 8 nitrogen and oxygen atoms in total. The van der Waals surface area contributed by atoms with Gasteiger partial charge in [-0.15, -0.1) is 11.6 Å². The zero-order valence-corrected chi connectivity index (χ0v) is 19.8. The van der Waals surface area contributed by atoms with Crippen LogP contribution in [-0.2, 0) is 9.59 Å². The Labute approximate surface area is 201 Å². The number of halogens is 1. The van der Waals surface area contributed by atoms with Crippen molar-refractivity contribution in [2.45, 2.75) is 68.3 Å². The summed E-state index contributed by atoms with van der Waals surface area (Å²) in [5.41, 5.74) is 0.602. The minimum absolute atomic E-state index is 0.000124. The third-order valence-electron chi connectivity index (χ3n) is 6.95. The summed E-state index contributed by atoms with van der Waals surface area (Å²) in [5, 5.41) is 23.6. The smallest absolute Gasteiger partial charge is 0.313 e. The third kappa shape index (κ3) is 7.04. The zero-order chi connectivity index (χ0) is 23.7. The molecule has 0 aromatic carbocycles. The standard InChI is InChI=1S/C24H33ClN6O2/c25-19-4-6-20(7-5-19)28-22(32)23(33)29-21-8-13-31(17-16-30(14-11-26)15-12-27)24(18-21)9-2-1-3-10-24/h4,6-7,19,21H,1-3,5,8-10,13-18H2,(H,28,32)(H,29,33). The van der Waals surface area contributed by atoms with Crippen LogP contribution in [0.3, 0.4) is 0 Å². The highest BCUT2D eigenvalue weighted by Crippen LogP contribution is 2.40. The van der Waals surface area contributed by atoms with Gasteiger partial charge in [0.05, 0.1) is 30.6 Å². The van der Waals surface area contributed by atoms with Crippen LogP contribution in [0.4, 0.5) is 0 Å². The SMILES string of the molecule is N#CCN(CC#N)CCN1CCC(NC(=O)C(=O)NC2=CCC(Cl)C=C2)CC12CCCCC2. The van der Waals surface area contributed by atoms with Gasteiger partial charge in [-0.25, -0.2) is 0 Å². The maximum absolute atomic E-state index is 12.6. The van der Waals surface area contributed by atoms with Crippen molar-refractivity contribution in [3.8, 4) is 12.1 Å². The first-order chi connectivity index (χ1) is 16.0. The summed E-state index contributed by atoms with van der Waals surface area (Å²) in [6.07, 6.45) is 13.2. The first kappa shape index (κ1) is 25.2. The number of likely N-dealkylation sites (tertiary alicyclic amines) is 1. The number of carbonyl (C=O) groups excluding carboxylic acids is 2. The lowest BCUT2D eigenvalue weighted by molar-refractivity contribution is -0.139. The molecule has 33 heavy (non-hydrogen) atoms. The zero-order valence-electron chi connectivity index (χ0n) is 19.1. The van der Waals surface area contributed by atoms with E-state index in [0.717, 1.165) is 51.6 Å². The van der Waals surface area contributed by atoms with E-state index in [-0.39, 0.29) is 30.0 Å². The Morgan fingerprint density at radius 2 is 1.91 bits per heavy atom. The Bertz CT molecular complexity index is 836. The van der Waals surface area contributed by atoms with Crippen molar-refractivity contribution < 1.29 is 9.59 Å². The van der Waals surface area contributed by atoms with Gasteiger partial charge >= 0.3 is 11.8 Å². The molecule has 178 valence electrons. The second-order valence-electron chi connectivity index (χ2n) is 9.19. The number of amides is 2. The minimum Gasteiger partial charge on any atom is -0.345 e. The van der Waals surface area contributed by atoms with Crippen molar-refractivity contribution >= 4 is 23.4 Å². The van der Waals surface area contributed by atoms with Crippen LogP contribution in [0.2, 0.25) is 0 Å². The van der Waals surface area contributed by atoms with Crippen LogP contribution in [0.5, 0.6) is 0 Å². The van der Waals surface area contributed by atoms with E-state index in [1.165, 1.54) is 6.42 Å². The van der Waals surface area contributed by atoms with Crippen molar-refractivity contribution in [3.63, 3.8) is 0 Å². The number of carbonyl (C=O) groups is 2. The van der Waals surface area contributed by atoms with Crippen LogP contribution in [-0.4, -0.2) is 71.3 Å². The van der Waals surface area contributed by atoms with E-state index in [1.54, 1.807) is 12.2 Å². The molecular weight excluding hydrogens is 440 g/mol. The molecule has 2 fully saturated rings. The average molecular weight is 473 g/mol. The molecule has 3 rings (SSSR count). The largest absolute Gasteiger partial charge is 0.345 e. The number of nitrogens with one attached hydrogen (secondary N) is 2. The molecule has 2 atom stereocenters. The molecule has 3 aliphatic rings. The summed E-state index contributed by atoms with van der Waals surface area (Å²) in [4.78, 5) is 29.3. The second-order valence-corrected chi connectivity index (χ2v) is 9.75. The second kappa shape index (κ2) is 12.2. The predicted octanol–water partition coefficient (Wildman–Crippen LogP) is 2.19. The van der Waals surface area contributed by atoms with E-state index in [1.807, 2.05) is 11.0 Å². The summed E-state index contributed by atoms with van der Waals surface area (Å²) in [6.45, 7) is 2.80. The van der Waals surface area contributed by atoms with Crippen molar-refractivity contribution in [2.75, 3.05) is 32.7 Å². The van der Waals surface area contributed by atoms with Gasteiger partial charge in [0.25, 0.3) is 0 Å². The van der Waals surface area contributed by atoms with Crippen LogP contribution in [0.15, 0.2) is 23.9 Å². The number of nitrogens with zero attached hydrogens (tertiary/aromatic N) is 4. The van der Waals surface area contributed by atoms with Crippen LogP contribution < -0.4 is 10.6 Å². The summed E-state index contributed by atoms with van der Waals surface area (Å²) < 4.78 is 0. The van der Waals surface area contributed by atoms with Gasteiger partial charge in [0.2, 0.25) is 0 Å². The monoisotopic (exact) mass is 472 g/mol. The van der Waals surface area contributed by atoms with Crippen molar-refractivity contribution in [3.05, 3.63) is 23.9 Å². The molecule has 2 amide bonds. The highest BCUT2D eigenvalue weighted by molar-refractivity contribution is 6.35. The fraction of sp³-hybridized carbons (Fsp3) is 0.667. The van der Waals surface area contributed by atoms with E-state index in [2.05, 4.69) is 27.7 Å². The summed E-state index contributed by atoms with van der Waals surface area (Å²) in [7, 11) is 0. The first-order valence-corrected chi connectivity index (χ1v) is 12.2. The number of hydrogen-bond donors (Lipinski definition) is 2. The van der Waals surface area contributed by atoms with Crippen molar-refractivity contribution in [1.29, 1.82) is 10.5 Å². The number of hydrogen-bond acceptors (Lipinski definition) is 6. The van der Waals surface area contributed by atoms with Crippen molar-refractivity contribution in [1.82, 2.24) is 20.4 Å². The molecule has 0 aromatic heterocycles. The number of piperidine rings is 1. The van der Waals surface area contributed by atoms with Gasteiger partial charge in [0.1, 0.15) is 0 Å². The van der Waals surface area contributed by atoms with E-state index in [0.29, 0.717) is 18.7 Å². The van der Waals surface area contributed by atoms with Gasteiger partial charge in [0.15, 0.2) is 0 Å². The molecule has 1 spiro atoms. The summed E-state index contributed by atoms with van der Waals surface area (Å²) in [6, 6.07) is 4.23. The number of alkyl halides is 1. The fourth-order valence-corrected chi connectivity index (χ4v) is 5.40. The molecule has 1 aliphatic heterocycles. The summed E-state index contributed by atoms with van der Waals surface area (Å²) in [5.74, 6) is -1.25. The quantitative estimate of drug-likeness (QED) is 0.333. The fourth-order valence-electron chi connectivity index (χ4n) is 5.24. The molecule has 1 heterocycles. The molecule has 0 bridgehead atoms. The lowest BCUT2D eigenvalue weighted by Gasteiger charge is -2.52. The number of allylic oxidation sites excluding steroid dienone is 3. The molecule has 2 unspecified atom stereocenters. The van der Waals surface area contributed by atoms with Gasteiger partial charge in [0, 0.05) is 36.9 Å². The maximum Gasteiger partial charge on any atom is 0.313 e. The Kier molecular flexibility index (Phi) is 9.31. The Morgan fingerprint density at radius 3 is 2.55 bits per heavy atom. The Hall–Kier alpha value is -2.39. The molecule has 0 radical (unpaired) electrons. The Morgan fingerprint density at radius 1 is 1.18 bits per heavy atom. The Balaban J connectivity index is 1.57. The van der Waals surface area contributed by atoms with E-state index in [4.69, 9.17) is 22.1 Å². The number of rotatable bonds is 7. The minimum atomic E-state index is -0.650. The molecule has 1 saturated heterocycles. The highest BCUT2D eigenvalue weighted by atomic mass is 35.5. The van der Waals surface area contributed by atoms with E-state index < -0.39 is 11.8 Å². The van der Waals surface area contributed by atoms with Crippen LogP contribution in [0.1, 0.15) is 51.4 Å². The van der Waals surface area contributed by atoms with Crippen LogP contribution in [0.25, 0.3) is 0 Å². The molecule has 9 heteroatoms. The van der Waals surface area contributed by atoms with Crippen LogP contribution in [0, 0.1) is 22.7 Å². The molecule has 2 aliphatic carbocycles. The lowest BCUT2D eigenvalue weighted by atomic mass is 9.73. The third-order valence-corrected chi connectivity index (χ3v) is 7.27. The molecule has 1 saturated carbocycles. The molecule has 0 aromatic rings. The van der Waals surface area contributed by atoms with Gasteiger partial charge in [-0.2, -0.15) is 10.5 Å². The van der Waals surface area contributed by atoms with Crippen molar-refractivity contribution in [2.24, 2.45) is 0 Å². The highest BCUT2D eigenvalue weighted by Gasteiger charge is 2.43. The van der Waals surface area contributed by atoms with Gasteiger partial charge in [-0.3, -0.25) is 19.4 Å². The van der Waals surface area contributed by atoms with Gasteiger partial charge in [-0.05, 0) is 38.2 Å². The maximum atomic E-state index is 12.6. The van der Waals surface area contributed by atoms with E-state index >= 15 is 0 Å². The van der Waals surface area contributed by atoms with Gasteiger partial charge < -0.3 is 10.6 Å². The topological polar surface area (TPSA) is 112 Å². The molecule has 2 N–H and O–H groups in total. The first-order valence-electron chi connectivity index (χ1n) is 11.8. The number of nitriles is 2. The normalized spacial score (nSPS) is 24.5. The predicted molar refractivity (Wildman–Crippen MR) is 126 cm³/mol. The van der Waals surface area contributed by atoms with E-state index in [9.17, 15) is 9.59 Å².